The van der Waals surface area contributed by atoms with Gasteiger partial charge in [-0.3, -0.25) is 9.48 Å². The molecule has 1 fully saturated rings. The summed E-state index contributed by atoms with van der Waals surface area (Å²) in [4.78, 5) is 15.0. The van der Waals surface area contributed by atoms with E-state index in [9.17, 15) is 9.18 Å². The van der Waals surface area contributed by atoms with Gasteiger partial charge in [0.1, 0.15) is 5.82 Å². The summed E-state index contributed by atoms with van der Waals surface area (Å²) in [7, 11) is 0. The summed E-state index contributed by atoms with van der Waals surface area (Å²) in [6, 6.07) is 8.54. The van der Waals surface area contributed by atoms with Gasteiger partial charge in [-0.1, -0.05) is 19.1 Å². The highest BCUT2D eigenvalue weighted by Crippen LogP contribution is 2.22. The molecule has 2 heterocycles. The molecular formula is C19H24FN3O. The van der Waals surface area contributed by atoms with Crippen molar-refractivity contribution in [1.29, 1.82) is 0 Å². The van der Waals surface area contributed by atoms with E-state index in [1.54, 1.807) is 18.3 Å². The van der Waals surface area contributed by atoms with Crippen LogP contribution in [0.5, 0.6) is 0 Å². The van der Waals surface area contributed by atoms with Gasteiger partial charge in [-0.2, -0.15) is 5.10 Å². The average molecular weight is 329 g/mol. The Morgan fingerprint density at radius 2 is 2.12 bits per heavy atom. The highest BCUT2D eigenvalue weighted by molar-refractivity contribution is 5.79. The number of piperidine rings is 1. The summed E-state index contributed by atoms with van der Waals surface area (Å²) in [6.07, 6.45) is 7.59. The molecule has 2 unspecified atom stereocenters. The van der Waals surface area contributed by atoms with Crippen LogP contribution in [0.1, 0.15) is 31.7 Å². The third-order valence-electron chi connectivity index (χ3n) is 4.74. The van der Waals surface area contributed by atoms with E-state index in [1.165, 1.54) is 12.1 Å². The van der Waals surface area contributed by atoms with Crippen LogP contribution in [-0.4, -0.2) is 33.2 Å². The van der Waals surface area contributed by atoms with E-state index in [2.05, 4.69) is 5.10 Å². The van der Waals surface area contributed by atoms with Gasteiger partial charge in [-0.05, 0) is 49.4 Å². The second kappa shape index (κ2) is 7.60. The van der Waals surface area contributed by atoms with Crippen LogP contribution in [-0.2, 0) is 17.8 Å². The van der Waals surface area contributed by atoms with Gasteiger partial charge in [0.05, 0.1) is 12.6 Å². The number of carbonyl (C=O) groups is 1. The predicted molar refractivity (Wildman–Crippen MR) is 90.8 cm³/mol. The average Bonchev–Trinajstić information content (AvgIpc) is 3.10. The highest BCUT2D eigenvalue weighted by atomic mass is 19.1. The minimum Gasteiger partial charge on any atom is -0.338 e. The van der Waals surface area contributed by atoms with Crippen molar-refractivity contribution in [3.63, 3.8) is 0 Å². The number of aromatic nitrogens is 2. The molecule has 3 rings (SSSR count). The number of nitrogens with zero attached hydrogens (tertiary/aromatic N) is 3. The van der Waals surface area contributed by atoms with E-state index in [-0.39, 0.29) is 23.7 Å². The Bertz CT molecular complexity index is 654. The summed E-state index contributed by atoms with van der Waals surface area (Å²) in [5.74, 6) is -0.155. The molecule has 2 aromatic rings. The normalized spacial score (nSPS) is 19.2. The molecule has 0 spiro atoms. The molecule has 1 amide bonds. The monoisotopic (exact) mass is 329 g/mol. The molecule has 2 atom stereocenters. The second-order valence-corrected chi connectivity index (χ2v) is 6.64. The molecule has 0 saturated carbocycles. The lowest BCUT2D eigenvalue weighted by molar-refractivity contribution is -0.139. The van der Waals surface area contributed by atoms with E-state index in [0.717, 1.165) is 37.9 Å². The van der Waals surface area contributed by atoms with Gasteiger partial charge in [0.25, 0.3) is 0 Å². The van der Waals surface area contributed by atoms with Crippen molar-refractivity contribution in [2.75, 3.05) is 6.54 Å². The number of halogens is 1. The van der Waals surface area contributed by atoms with E-state index in [0.29, 0.717) is 6.42 Å². The van der Waals surface area contributed by atoms with Crippen molar-refractivity contribution in [1.82, 2.24) is 14.7 Å². The van der Waals surface area contributed by atoms with Crippen LogP contribution in [0.3, 0.4) is 0 Å². The van der Waals surface area contributed by atoms with Crippen LogP contribution in [0.25, 0.3) is 0 Å². The molecule has 1 aromatic carbocycles. The topological polar surface area (TPSA) is 38.1 Å². The van der Waals surface area contributed by atoms with Crippen LogP contribution in [0, 0.1) is 11.7 Å². The predicted octanol–water partition coefficient (Wildman–Crippen LogP) is 3.28. The fourth-order valence-corrected chi connectivity index (χ4v) is 3.45. The van der Waals surface area contributed by atoms with E-state index in [1.807, 2.05) is 28.8 Å². The minimum absolute atomic E-state index is 0.103. The number of hydrogen-bond acceptors (Lipinski definition) is 2. The number of rotatable bonds is 5. The largest absolute Gasteiger partial charge is 0.338 e. The van der Waals surface area contributed by atoms with Crippen molar-refractivity contribution in [2.24, 2.45) is 5.92 Å². The molecule has 4 nitrogen and oxygen atoms in total. The van der Waals surface area contributed by atoms with Crippen molar-refractivity contribution in [3.8, 4) is 0 Å². The lowest BCUT2D eigenvalue weighted by Gasteiger charge is -2.37. The quantitative estimate of drug-likeness (QED) is 0.844. The van der Waals surface area contributed by atoms with E-state index >= 15 is 0 Å². The fraction of sp³-hybridized carbons (Fsp3) is 0.474. The highest BCUT2D eigenvalue weighted by Gasteiger charge is 2.29. The molecule has 0 aliphatic carbocycles. The number of carbonyl (C=O) groups excluding carboxylic acids is 1. The molecule has 1 saturated heterocycles. The first-order valence-corrected chi connectivity index (χ1v) is 8.66. The van der Waals surface area contributed by atoms with Gasteiger partial charge < -0.3 is 4.90 Å². The molecule has 128 valence electrons. The Morgan fingerprint density at radius 1 is 1.33 bits per heavy atom. The van der Waals surface area contributed by atoms with Gasteiger partial charge in [0.2, 0.25) is 5.91 Å². The molecule has 0 N–H and O–H groups in total. The van der Waals surface area contributed by atoms with Crippen molar-refractivity contribution in [2.45, 2.75) is 45.2 Å². The third-order valence-corrected chi connectivity index (χ3v) is 4.74. The van der Waals surface area contributed by atoms with Crippen molar-refractivity contribution < 1.29 is 9.18 Å². The summed E-state index contributed by atoms with van der Waals surface area (Å²) in [5.41, 5.74) is 0.998. The lowest BCUT2D eigenvalue weighted by Crippen LogP contribution is -2.48. The zero-order valence-corrected chi connectivity index (χ0v) is 14.1. The number of hydrogen-bond donors (Lipinski definition) is 0. The maximum absolute atomic E-state index is 13.0. The van der Waals surface area contributed by atoms with Gasteiger partial charge >= 0.3 is 0 Å². The zero-order valence-electron chi connectivity index (χ0n) is 14.1. The molecule has 5 heteroatoms. The van der Waals surface area contributed by atoms with Crippen molar-refractivity contribution >= 4 is 5.91 Å². The zero-order chi connectivity index (χ0) is 16.9. The molecule has 0 radical (unpaired) electrons. The molecule has 1 aliphatic heterocycles. The summed E-state index contributed by atoms with van der Waals surface area (Å²) >= 11 is 0. The van der Waals surface area contributed by atoms with Gasteiger partial charge in [-0.15, -0.1) is 0 Å². The Morgan fingerprint density at radius 3 is 2.83 bits per heavy atom. The van der Waals surface area contributed by atoms with Crippen LogP contribution < -0.4 is 0 Å². The maximum Gasteiger partial charge on any atom is 0.226 e. The van der Waals surface area contributed by atoms with Crippen LogP contribution in [0.15, 0.2) is 42.7 Å². The molecule has 1 aromatic heterocycles. The smallest absolute Gasteiger partial charge is 0.226 e. The van der Waals surface area contributed by atoms with Crippen molar-refractivity contribution in [3.05, 3.63) is 54.1 Å². The summed E-state index contributed by atoms with van der Waals surface area (Å²) in [6.45, 7) is 3.53. The molecule has 24 heavy (non-hydrogen) atoms. The first-order valence-electron chi connectivity index (χ1n) is 8.66. The number of likely N-dealkylation sites (tertiary alicyclic amines) is 1. The summed E-state index contributed by atoms with van der Waals surface area (Å²) < 4.78 is 14.9. The Hall–Kier alpha value is -2.17. The Balaban J connectivity index is 1.65. The summed E-state index contributed by atoms with van der Waals surface area (Å²) in [5, 5.41) is 4.27. The minimum atomic E-state index is -0.243. The standard InChI is InChI=1S/C19H24FN3O/c1-15(13-16-6-8-17(20)9-7-16)19(24)23-12-3-2-5-18(23)14-22-11-4-10-21-22/h4,6-11,15,18H,2-3,5,12-14H2,1H3. The lowest BCUT2D eigenvalue weighted by atomic mass is 9.96. The third kappa shape index (κ3) is 4.02. The second-order valence-electron chi connectivity index (χ2n) is 6.64. The van der Waals surface area contributed by atoms with E-state index in [4.69, 9.17) is 0 Å². The fourth-order valence-electron chi connectivity index (χ4n) is 3.45. The SMILES string of the molecule is CC(Cc1ccc(F)cc1)C(=O)N1CCCCC1Cn1cccn1. The number of benzene rings is 1. The first-order chi connectivity index (χ1) is 11.6. The van der Waals surface area contributed by atoms with Gasteiger partial charge in [-0.25, -0.2) is 4.39 Å². The van der Waals surface area contributed by atoms with Crippen LogP contribution in [0.4, 0.5) is 4.39 Å². The van der Waals surface area contributed by atoms with Crippen LogP contribution >= 0.6 is 0 Å². The first kappa shape index (κ1) is 16.7. The van der Waals surface area contributed by atoms with Gasteiger partial charge in [0, 0.05) is 24.9 Å². The Labute approximate surface area is 142 Å². The van der Waals surface area contributed by atoms with Gasteiger partial charge in [0.15, 0.2) is 0 Å². The molecule has 0 bridgehead atoms. The maximum atomic E-state index is 13.0. The number of amides is 1. The molecular weight excluding hydrogens is 305 g/mol. The molecule has 1 aliphatic rings. The van der Waals surface area contributed by atoms with Crippen LogP contribution in [0.2, 0.25) is 0 Å². The Kier molecular flexibility index (Phi) is 5.28. The van der Waals surface area contributed by atoms with E-state index < -0.39 is 0 Å².